The summed E-state index contributed by atoms with van der Waals surface area (Å²) in [7, 11) is 0. The lowest BCUT2D eigenvalue weighted by molar-refractivity contribution is -0.127. The van der Waals surface area contributed by atoms with E-state index < -0.39 is 6.04 Å². The Morgan fingerprint density at radius 2 is 2.14 bits per heavy atom. The van der Waals surface area contributed by atoms with Crippen molar-refractivity contribution in [3.05, 3.63) is 48.7 Å². The average molecular weight is 285 g/mol. The number of amides is 2. The molecule has 2 amide bonds. The fourth-order valence-corrected chi connectivity index (χ4v) is 2.27. The predicted molar refractivity (Wildman–Crippen MR) is 82.8 cm³/mol. The van der Waals surface area contributed by atoms with Crippen LogP contribution in [0.3, 0.4) is 0 Å². The molecule has 1 aromatic heterocycles. The molecule has 5 heteroatoms. The number of carbonyl (C=O) groups is 2. The first-order chi connectivity index (χ1) is 10.1. The summed E-state index contributed by atoms with van der Waals surface area (Å²) in [6.07, 6.45) is 3.92. The molecule has 1 heterocycles. The Hall–Kier alpha value is -2.56. The number of hydrogen-bond acceptors (Lipinski definition) is 2. The molecule has 0 aliphatic heterocycles. The Morgan fingerprint density at radius 3 is 2.86 bits per heavy atom. The first kappa shape index (κ1) is 14.8. The third kappa shape index (κ3) is 3.72. The van der Waals surface area contributed by atoms with E-state index in [0.29, 0.717) is 13.0 Å². The van der Waals surface area contributed by atoms with Crippen molar-refractivity contribution in [2.24, 2.45) is 0 Å². The zero-order valence-electron chi connectivity index (χ0n) is 12.0. The second kappa shape index (κ2) is 6.74. The van der Waals surface area contributed by atoms with Gasteiger partial charge in [0.1, 0.15) is 6.04 Å². The van der Waals surface area contributed by atoms with Gasteiger partial charge in [-0.3, -0.25) is 9.59 Å². The van der Waals surface area contributed by atoms with Crippen LogP contribution in [0.25, 0.3) is 10.9 Å². The zero-order valence-corrected chi connectivity index (χ0v) is 12.0. The number of hydrogen-bond donors (Lipinski definition) is 3. The van der Waals surface area contributed by atoms with Gasteiger partial charge in [-0.2, -0.15) is 0 Å². The molecular formula is C16H19N3O2. The second-order valence-electron chi connectivity index (χ2n) is 4.85. The SMILES string of the molecule is C=CCNC(=O)C(Cc1c[nH]c2ccccc12)NC(C)=O. The second-order valence-corrected chi connectivity index (χ2v) is 4.85. The third-order valence-corrected chi connectivity index (χ3v) is 3.21. The number of rotatable bonds is 6. The molecule has 5 nitrogen and oxygen atoms in total. The molecule has 2 rings (SSSR count). The molecule has 0 aliphatic rings. The smallest absolute Gasteiger partial charge is 0.243 e. The molecule has 0 bridgehead atoms. The van der Waals surface area contributed by atoms with E-state index in [0.717, 1.165) is 16.5 Å². The van der Waals surface area contributed by atoms with Crippen molar-refractivity contribution in [1.82, 2.24) is 15.6 Å². The van der Waals surface area contributed by atoms with E-state index in [1.54, 1.807) is 6.08 Å². The fourth-order valence-electron chi connectivity index (χ4n) is 2.27. The molecule has 3 N–H and O–H groups in total. The third-order valence-electron chi connectivity index (χ3n) is 3.21. The Kier molecular flexibility index (Phi) is 4.77. The Bertz CT molecular complexity index is 660. The predicted octanol–water partition coefficient (Wildman–Crippen LogP) is 1.52. The Morgan fingerprint density at radius 1 is 1.38 bits per heavy atom. The van der Waals surface area contributed by atoms with Gasteiger partial charge in [0.2, 0.25) is 11.8 Å². The van der Waals surface area contributed by atoms with Crippen LogP contribution in [0.15, 0.2) is 43.1 Å². The first-order valence-corrected chi connectivity index (χ1v) is 6.82. The lowest BCUT2D eigenvalue weighted by atomic mass is 10.0. The van der Waals surface area contributed by atoms with E-state index in [1.807, 2.05) is 30.5 Å². The van der Waals surface area contributed by atoms with Crippen molar-refractivity contribution >= 4 is 22.7 Å². The van der Waals surface area contributed by atoms with Gasteiger partial charge in [-0.25, -0.2) is 0 Å². The van der Waals surface area contributed by atoms with Gasteiger partial charge in [0.15, 0.2) is 0 Å². The fraction of sp³-hybridized carbons (Fsp3) is 0.250. The topological polar surface area (TPSA) is 74.0 Å². The van der Waals surface area contributed by atoms with Gasteiger partial charge in [0, 0.05) is 37.0 Å². The van der Waals surface area contributed by atoms with Crippen LogP contribution in [0.1, 0.15) is 12.5 Å². The minimum Gasteiger partial charge on any atom is -0.361 e. The monoisotopic (exact) mass is 285 g/mol. The summed E-state index contributed by atoms with van der Waals surface area (Å²) in [5, 5.41) is 6.47. The van der Waals surface area contributed by atoms with Gasteiger partial charge >= 0.3 is 0 Å². The van der Waals surface area contributed by atoms with E-state index in [9.17, 15) is 9.59 Å². The zero-order chi connectivity index (χ0) is 15.2. The number of para-hydroxylation sites is 1. The molecule has 0 radical (unpaired) electrons. The number of aromatic amines is 1. The molecule has 0 aliphatic carbocycles. The van der Waals surface area contributed by atoms with Crippen LogP contribution in [0.2, 0.25) is 0 Å². The average Bonchev–Trinajstić information content (AvgIpc) is 2.87. The van der Waals surface area contributed by atoms with Crippen molar-refractivity contribution < 1.29 is 9.59 Å². The summed E-state index contributed by atoms with van der Waals surface area (Å²) in [5.74, 6) is -0.441. The van der Waals surface area contributed by atoms with E-state index in [4.69, 9.17) is 0 Å². The lowest BCUT2D eigenvalue weighted by Crippen LogP contribution is -2.47. The van der Waals surface area contributed by atoms with Crippen LogP contribution in [-0.4, -0.2) is 29.4 Å². The van der Waals surface area contributed by atoms with Crippen molar-refractivity contribution in [2.45, 2.75) is 19.4 Å². The van der Waals surface area contributed by atoms with Crippen LogP contribution in [-0.2, 0) is 16.0 Å². The molecule has 1 aromatic carbocycles. The minimum absolute atomic E-state index is 0.213. The molecule has 1 atom stereocenters. The van der Waals surface area contributed by atoms with Crippen LogP contribution >= 0.6 is 0 Å². The molecule has 21 heavy (non-hydrogen) atoms. The maximum absolute atomic E-state index is 12.1. The highest BCUT2D eigenvalue weighted by Crippen LogP contribution is 2.19. The van der Waals surface area contributed by atoms with Gasteiger partial charge in [0.25, 0.3) is 0 Å². The molecule has 0 saturated heterocycles. The van der Waals surface area contributed by atoms with Crippen LogP contribution in [0, 0.1) is 0 Å². The van der Waals surface area contributed by atoms with Gasteiger partial charge in [-0.1, -0.05) is 24.3 Å². The summed E-state index contributed by atoms with van der Waals surface area (Å²) in [6, 6.07) is 7.27. The first-order valence-electron chi connectivity index (χ1n) is 6.82. The van der Waals surface area contributed by atoms with Crippen LogP contribution in [0.5, 0.6) is 0 Å². The highest BCUT2D eigenvalue weighted by Gasteiger charge is 2.20. The quantitative estimate of drug-likeness (QED) is 0.704. The summed E-state index contributed by atoms with van der Waals surface area (Å²) >= 11 is 0. The maximum Gasteiger partial charge on any atom is 0.243 e. The number of carbonyl (C=O) groups excluding carboxylic acids is 2. The molecule has 0 spiro atoms. The number of aromatic nitrogens is 1. The van der Waals surface area contributed by atoms with Gasteiger partial charge in [0.05, 0.1) is 0 Å². The highest BCUT2D eigenvalue weighted by atomic mass is 16.2. The molecule has 2 aromatic rings. The van der Waals surface area contributed by atoms with Crippen LogP contribution < -0.4 is 10.6 Å². The maximum atomic E-state index is 12.1. The van der Waals surface area contributed by atoms with Crippen LogP contribution in [0.4, 0.5) is 0 Å². The molecular weight excluding hydrogens is 266 g/mol. The largest absolute Gasteiger partial charge is 0.361 e. The van der Waals surface area contributed by atoms with E-state index in [1.165, 1.54) is 6.92 Å². The van der Waals surface area contributed by atoms with E-state index in [-0.39, 0.29) is 11.8 Å². The number of benzene rings is 1. The highest BCUT2D eigenvalue weighted by molar-refractivity contribution is 5.89. The van der Waals surface area contributed by atoms with Gasteiger partial charge in [-0.15, -0.1) is 6.58 Å². The summed E-state index contributed by atoms with van der Waals surface area (Å²) in [5.41, 5.74) is 2.01. The van der Waals surface area contributed by atoms with Crippen molar-refractivity contribution in [3.63, 3.8) is 0 Å². The standard InChI is InChI=1S/C16H19N3O2/c1-3-8-17-16(21)15(19-11(2)20)9-12-10-18-14-7-5-4-6-13(12)14/h3-7,10,15,18H,1,8-9H2,2H3,(H,17,21)(H,19,20). The van der Waals surface area contributed by atoms with Gasteiger partial charge in [-0.05, 0) is 11.6 Å². The Balaban J connectivity index is 2.19. The van der Waals surface area contributed by atoms with E-state index >= 15 is 0 Å². The van der Waals surface area contributed by atoms with Crippen molar-refractivity contribution in [3.8, 4) is 0 Å². The molecule has 0 saturated carbocycles. The number of fused-ring (bicyclic) bond motifs is 1. The molecule has 110 valence electrons. The van der Waals surface area contributed by atoms with Gasteiger partial charge < -0.3 is 15.6 Å². The normalized spacial score (nSPS) is 11.9. The molecule has 0 fully saturated rings. The summed E-state index contributed by atoms with van der Waals surface area (Å²) in [6.45, 7) is 5.35. The van der Waals surface area contributed by atoms with E-state index in [2.05, 4.69) is 22.2 Å². The molecule has 1 unspecified atom stereocenters. The van der Waals surface area contributed by atoms with Crippen molar-refractivity contribution in [2.75, 3.05) is 6.54 Å². The minimum atomic E-state index is -0.596. The Labute approximate surface area is 123 Å². The summed E-state index contributed by atoms with van der Waals surface area (Å²) in [4.78, 5) is 26.6. The van der Waals surface area contributed by atoms with Crippen molar-refractivity contribution in [1.29, 1.82) is 0 Å². The number of H-pyrrole nitrogens is 1. The number of nitrogens with one attached hydrogen (secondary N) is 3. The summed E-state index contributed by atoms with van der Waals surface area (Å²) < 4.78 is 0. The lowest BCUT2D eigenvalue weighted by Gasteiger charge is -2.16.